The van der Waals surface area contributed by atoms with Gasteiger partial charge in [-0.15, -0.1) is 0 Å². The van der Waals surface area contributed by atoms with E-state index in [4.69, 9.17) is 9.47 Å². The van der Waals surface area contributed by atoms with E-state index in [2.05, 4.69) is 46.7 Å². The highest BCUT2D eigenvalue weighted by Gasteiger charge is 2.15. The van der Waals surface area contributed by atoms with Crippen LogP contribution in [0.1, 0.15) is 38.1 Å². The van der Waals surface area contributed by atoms with Gasteiger partial charge in [-0.25, -0.2) is 9.78 Å². The molecule has 0 saturated carbocycles. The van der Waals surface area contributed by atoms with E-state index in [1.807, 2.05) is 26.8 Å². The zero-order chi connectivity index (χ0) is 24.1. The maximum atomic E-state index is 13.2. The number of halogens is 2. The maximum absolute atomic E-state index is 13.2. The predicted molar refractivity (Wildman–Crippen MR) is 134 cm³/mol. The van der Waals surface area contributed by atoms with Crippen LogP contribution in [0.5, 0.6) is 11.5 Å². The third-order valence-corrected chi connectivity index (χ3v) is 5.78. The van der Waals surface area contributed by atoms with Crippen molar-refractivity contribution in [1.82, 2.24) is 9.66 Å². The summed E-state index contributed by atoms with van der Waals surface area (Å²) in [4.78, 5) is 29.3. The smallest absolute Gasteiger partial charge is 0.343 e. The molecule has 2 aromatic carbocycles. The zero-order valence-corrected chi connectivity index (χ0v) is 21.8. The molecule has 10 heteroatoms. The van der Waals surface area contributed by atoms with Crippen molar-refractivity contribution in [2.45, 2.75) is 26.7 Å². The van der Waals surface area contributed by atoms with Crippen molar-refractivity contribution in [3.05, 3.63) is 61.0 Å². The number of carbonyl (C=O) groups is 1. The number of ether oxygens (including phenoxy) is 3. The molecular weight excluding hydrogens is 558 g/mol. The van der Waals surface area contributed by atoms with Gasteiger partial charge in [-0.05, 0) is 53.2 Å². The lowest BCUT2D eigenvalue weighted by atomic mass is 10.2. The van der Waals surface area contributed by atoms with Crippen molar-refractivity contribution < 1.29 is 19.0 Å². The molecule has 1 heterocycles. The van der Waals surface area contributed by atoms with Crippen molar-refractivity contribution in [2.75, 3.05) is 20.3 Å². The summed E-state index contributed by atoms with van der Waals surface area (Å²) in [5.41, 5.74) is 1.01. The van der Waals surface area contributed by atoms with Gasteiger partial charge in [-0.3, -0.25) is 4.79 Å². The average molecular weight is 581 g/mol. The first kappa shape index (κ1) is 24.9. The van der Waals surface area contributed by atoms with Gasteiger partial charge in [-0.2, -0.15) is 9.78 Å². The van der Waals surface area contributed by atoms with E-state index in [1.165, 1.54) is 11.8 Å². The molecule has 8 nitrogen and oxygen atoms in total. The number of fused-ring (bicyclic) bond motifs is 1. The van der Waals surface area contributed by atoms with Gasteiger partial charge in [0.1, 0.15) is 5.82 Å². The molecule has 174 valence electrons. The molecule has 0 saturated heterocycles. The number of aromatic nitrogens is 2. The normalized spacial score (nSPS) is 11.4. The average Bonchev–Trinajstić information content (AvgIpc) is 2.78. The minimum Gasteiger partial charge on any atom is -0.490 e. The standard InChI is InChI=1S/C23H23Br2N3O5/c1-5-32-19-8-14(17(25)10-20(19)33-12-21(29)31-4)11-26-28-22(13(2)3)27-18-7-6-15(24)9-16(18)23(28)30/h6-11,13H,5,12H2,1-4H3. The van der Waals surface area contributed by atoms with Crippen LogP contribution < -0.4 is 15.0 Å². The second-order valence-electron chi connectivity index (χ2n) is 7.27. The summed E-state index contributed by atoms with van der Waals surface area (Å²) in [5, 5.41) is 4.92. The quantitative estimate of drug-likeness (QED) is 0.279. The van der Waals surface area contributed by atoms with E-state index >= 15 is 0 Å². The van der Waals surface area contributed by atoms with E-state index in [9.17, 15) is 9.59 Å². The van der Waals surface area contributed by atoms with Gasteiger partial charge in [0.2, 0.25) is 0 Å². The second-order valence-corrected chi connectivity index (χ2v) is 9.04. The molecule has 0 unspecified atom stereocenters. The molecule has 0 aliphatic rings. The Morgan fingerprint density at radius 2 is 1.91 bits per heavy atom. The summed E-state index contributed by atoms with van der Waals surface area (Å²) in [6.07, 6.45) is 1.55. The van der Waals surface area contributed by atoms with Gasteiger partial charge < -0.3 is 14.2 Å². The van der Waals surface area contributed by atoms with Crippen molar-refractivity contribution in [2.24, 2.45) is 5.10 Å². The Labute approximate surface area is 207 Å². The van der Waals surface area contributed by atoms with E-state index in [-0.39, 0.29) is 18.1 Å². The minimum absolute atomic E-state index is 0.0283. The zero-order valence-electron chi connectivity index (χ0n) is 18.6. The first-order valence-corrected chi connectivity index (χ1v) is 11.8. The van der Waals surface area contributed by atoms with E-state index in [0.717, 1.165) is 4.47 Å². The van der Waals surface area contributed by atoms with Crippen LogP contribution >= 0.6 is 31.9 Å². The Morgan fingerprint density at radius 3 is 2.58 bits per heavy atom. The van der Waals surface area contributed by atoms with Crippen LogP contribution in [0.25, 0.3) is 10.9 Å². The minimum atomic E-state index is -0.504. The Hall–Kier alpha value is -2.72. The highest BCUT2D eigenvalue weighted by atomic mass is 79.9. The highest BCUT2D eigenvalue weighted by Crippen LogP contribution is 2.33. The topological polar surface area (TPSA) is 92.0 Å². The van der Waals surface area contributed by atoms with Crippen LogP contribution in [-0.2, 0) is 9.53 Å². The van der Waals surface area contributed by atoms with Gasteiger partial charge in [0.25, 0.3) is 5.56 Å². The molecule has 0 radical (unpaired) electrons. The third-order valence-electron chi connectivity index (χ3n) is 4.60. The molecule has 0 bridgehead atoms. The Kier molecular flexibility index (Phi) is 8.25. The summed E-state index contributed by atoms with van der Waals surface area (Å²) < 4.78 is 18.5. The fourth-order valence-electron chi connectivity index (χ4n) is 3.00. The van der Waals surface area contributed by atoms with Gasteiger partial charge in [0.15, 0.2) is 18.1 Å². The van der Waals surface area contributed by atoms with E-state index in [1.54, 1.807) is 30.5 Å². The summed E-state index contributed by atoms with van der Waals surface area (Å²) >= 11 is 6.90. The molecule has 0 fully saturated rings. The molecule has 3 rings (SSSR count). The van der Waals surface area contributed by atoms with Crippen molar-refractivity contribution in [3.63, 3.8) is 0 Å². The fourth-order valence-corrected chi connectivity index (χ4v) is 3.78. The Morgan fingerprint density at radius 1 is 1.18 bits per heavy atom. The number of benzene rings is 2. The first-order chi connectivity index (χ1) is 15.7. The molecule has 3 aromatic rings. The van der Waals surface area contributed by atoms with Crippen LogP contribution in [0.3, 0.4) is 0 Å². The molecule has 0 amide bonds. The number of rotatable bonds is 8. The molecule has 1 aromatic heterocycles. The monoisotopic (exact) mass is 579 g/mol. The van der Waals surface area contributed by atoms with Crippen LogP contribution in [0.2, 0.25) is 0 Å². The fraction of sp³-hybridized carbons (Fsp3) is 0.304. The third kappa shape index (κ3) is 5.80. The largest absolute Gasteiger partial charge is 0.490 e. The predicted octanol–water partition coefficient (Wildman–Crippen LogP) is 4.88. The molecule has 0 spiro atoms. The van der Waals surface area contributed by atoms with Crippen molar-refractivity contribution in [3.8, 4) is 11.5 Å². The summed E-state index contributed by atoms with van der Waals surface area (Å²) in [6, 6.07) is 8.78. The number of hydrogen-bond donors (Lipinski definition) is 0. The van der Waals surface area contributed by atoms with Crippen molar-refractivity contribution >= 4 is 54.9 Å². The van der Waals surface area contributed by atoms with Gasteiger partial charge in [0, 0.05) is 20.4 Å². The lowest BCUT2D eigenvalue weighted by molar-refractivity contribution is -0.142. The number of hydrogen-bond acceptors (Lipinski definition) is 7. The van der Waals surface area contributed by atoms with Crippen LogP contribution in [-0.4, -0.2) is 42.2 Å². The molecule has 0 aliphatic heterocycles. The van der Waals surface area contributed by atoms with Gasteiger partial charge in [0.05, 0.1) is 30.8 Å². The van der Waals surface area contributed by atoms with Gasteiger partial charge in [-0.1, -0.05) is 29.8 Å². The SMILES string of the molecule is CCOc1cc(C=Nn2c(C(C)C)nc3ccc(Br)cc3c2=O)c(Br)cc1OCC(=O)OC. The summed E-state index contributed by atoms with van der Waals surface area (Å²) in [6.45, 7) is 5.90. The lowest BCUT2D eigenvalue weighted by Gasteiger charge is -2.14. The van der Waals surface area contributed by atoms with Crippen LogP contribution in [0, 0.1) is 0 Å². The molecular formula is C23H23Br2N3O5. The number of nitrogens with zero attached hydrogens (tertiary/aromatic N) is 3. The summed E-state index contributed by atoms with van der Waals surface area (Å²) in [7, 11) is 1.29. The van der Waals surface area contributed by atoms with Crippen LogP contribution in [0.4, 0.5) is 0 Å². The molecule has 0 aliphatic carbocycles. The highest BCUT2D eigenvalue weighted by molar-refractivity contribution is 9.10. The van der Waals surface area contributed by atoms with E-state index < -0.39 is 5.97 Å². The van der Waals surface area contributed by atoms with Gasteiger partial charge >= 0.3 is 5.97 Å². The van der Waals surface area contributed by atoms with E-state index in [0.29, 0.717) is 44.9 Å². The molecule has 0 atom stereocenters. The van der Waals surface area contributed by atoms with Crippen molar-refractivity contribution in [1.29, 1.82) is 0 Å². The molecule has 0 N–H and O–H groups in total. The lowest BCUT2D eigenvalue weighted by Crippen LogP contribution is -2.23. The summed E-state index contributed by atoms with van der Waals surface area (Å²) in [5.74, 6) is 0.825. The Bertz CT molecular complexity index is 1270. The number of carbonyl (C=O) groups excluding carboxylic acids is 1. The molecule has 33 heavy (non-hydrogen) atoms. The number of esters is 1. The van der Waals surface area contributed by atoms with Crippen LogP contribution in [0.15, 0.2) is 49.2 Å². The maximum Gasteiger partial charge on any atom is 0.343 e. The first-order valence-electron chi connectivity index (χ1n) is 10.2. The number of methoxy groups -OCH3 is 1. The Balaban J connectivity index is 2.06. The second kappa shape index (κ2) is 10.9.